The van der Waals surface area contributed by atoms with Gasteiger partial charge >= 0.3 is 0 Å². The van der Waals surface area contributed by atoms with Crippen LogP contribution >= 0.6 is 23.4 Å². The summed E-state index contributed by atoms with van der Waals surface area (Å²) in [5.74, 6) is 1.24. The summed E-state index contributed by atoms with van der Waals surface area (Å²) >= 11 is 7.30. The number of H-pyrrole nitrogens is 1. The van der Waals surface area contributed by atoms with Crippen LogP contribution in [0.4, 0.5) is 5.69 Å². The molecule has 1 fully saturated rings. The zero-order chi connectivity index (χ0) is 21.9. The molecule has 1 aliphatic rings. The summed E-state index contributed by atoms with van der Waals surface area (Å²) in [5.41, 5.74) is 0.356. The van der Waals surface area contributed by atoms with Crippen LogP contribution in [0.25, 0.3) is 0 Å². The summed E-state index contributed by atoms with van der Waals surface area (Å²) in [5, 5.41) is 10.1. The highest BCUT2D eigenvalue weighted by Gasteiger charge is 2.23. The van der Waals surface area contributed by atoms with Gasteiger partial charge in [-0.25, -0.2) is 17.7 Å². The molecule has 2 N–H and O–H groups in total. The van der Waals surface area contributed by atoms with Gasteiger partial charge in [0.15, 0.2) is 0 Å². The Morgan fingerprint density at radius 3 is 2.73 bits per heavy atom. The Kier molecular flexibility index (Phi) is 7.43. The Bertz CT molecular complexity index is 1000. The van der Waals surface area contributed by atoms with Crippen molar-refractivity contribution in [3.8, 4) is 0 Å². The lowest BCUT2D eigenvalue weighted by atomic mass is 10.0. The number of aromatic amines is 1. The second kappa shape index (κ2) is 9.67. The highest BCUT2D eigenvalue weighted by atomic mass is 35.5. The van der Waals surface area contributed by atoms with E-state index in [1.807, 2.05) is 0 Å². The van der Waals surface area contributed by atoms with Crippen LogP contribution < -0.4 is 5.32 Å². The van der Waals surface area contributed by atoms with Crippen molar-refractivity contribution in [1.82, 2.24) is 19.5 Å². The van der Waals surface area contributed by atoms with Gasteiger partial charge in [-0.05, 0) is 31.0 Å². The quantitative estimate of drug-likeness (QED) is 0.570. The average molecular weight is 472 g/mol. The normalized spacial score (nSPS) is 16.2. The topological polar surface area (TPSA) is 108 Å². The van der Waals surface area contributed by atoms with Crippen molar-refractivity contribution < 1.29 is 13.2 Å². The van der Waals surface area contributed by atoms with E-state index in [2.05, 4.69) is 20.5 Å². The van der Waals surface area contributed by atoms with Gasteiger partial charge in [0.05, 0.1) is 10.3 Å². The smallest absolute Gasteiger partial charge is 0.244 e. The first-order valence-electron chi connectivity index (χ1n) is 9.77. The number of aromatic nitrogens is 3. The maximum Gasteiger partial charge on any atom is 0.244 e. The fraction of sp³-hybridized carbons (Fsp3) is 0.526. The molecule has 11 heteroatoms. The number of hydrogen-bond donors (Lipinski definition) is 2. The fourth-order valence-corrected chi connectivity index (χ4v) is 5.48. The van der Waals surface area contributed by atoms with E-state index in [0.29, 0.717) is 16.8 Å². The standard InChI is InChI=1S/C19H26ClN5O3S2/c1-12(29-19-22-17(23-24-19)10-13-6-4-5-7-13)18(26)21-14-8-9-15(20)16(11-14)30(27,28)25(2)3/h8-9,11-13H,4-7,10H2,1-3H3,(H,21,26)(H,22,23,24). The Balaban J connectivity index is 1.62. The lowest BCUT2D eigenvalue weighted by Gasteiger charge is -2.15. The van der Waals surface area contributed by atoms with Crippen LogP contribution in [0, 0.1) is 5.92 Å². The molecular formula is C19H26ClN5O3S2. The minimum Gasteiger partial charge on any atom is -0.325 e. The molecule has 0 radical (unpaired) electrons. The van der Waals surface area contributed by atoms with E-state index in [1.165, 1.54) is 63.7 Å². The molecular weight excluding hydrogens is 446 g/mol. The molecule has 0 saturated heterocycles. The Morgan fingerprint density at radius 1 is 1.37 bits per heavy atom. The van der Waals surface area contributed by atoms with Crippen LogP contribution in [0.5, 0.6) is 0 Å². The van der Waals surface area contributed by atoms with E-state index >= 15 is 0 Å². The summed E-state index contributed by atoms with van der Waals surface area (Å²) in [6, 6.07) is 4.38. The van der Waals surface area contributed by atoms with Crippen molar-refractivity contribution >= 4 is 45.0 Å². The molecule has 1 atom stereocenters. The molecule has 1 aromatic heterocycles. The second-order valence-electron chi connectivity index (χ2n) is 7.60. The Morgan fingerprint density at radius 2 is 2.07 bits per heavy atom. The van der Waals surface area contributed by atoms with Crippen molar-refractivity contribution in [2.45, 2.75) is 54.3 Å². The van der Waals surface area contributed by atoms with E-state index in [4.69, 9.17) is 11.6 Å². The number of carbonyl (C=O) groups excluding carboxylic acids is 1. The first-order valence-corrected chi connectivity index (χ1v) is 12.5. The third-order valence-corrected chi connectivity index (χ3v) is 8.33. The van der Waals surface area contributed by atoms with Crippen molar-refractivity contribution in [2.24, 2.45) is 5.92 Å². The third kappa shape index (κ3) is 5.54. The van der Waals surface area contributed by atoms with Gasteiger partial charge < -0.3 is 5.32 Å². The van der Waals surface area contributed by atoms with Crippen LogP contribution in [0.2, 0.25) is 5.02 Å². The van der Waals surface area contributed by atoms with Gasteiger partial charge in [-0.2, -0.15) is 0 Å². The number of benzene rings is 1. The Labute approximate surface area is 186 Å². The molecule has 164 valence electrons. The van der Waals surface area contributed by atoms with Gasteiger partial charge in [0.1, 0.15) is 10.7 Å². The number of rotatable bonds is 8. The SMILES string of the molecule is CC(Sc1n[nH]c(CC2CCCC2)n1)C(=O)Nc1ccc(Cl)c(S(=O)(=O)N(C)C)c1. The number of nitrogens with one attached hydrogen (secondary N) is 2. The van der Waals surface area contributed by atoms with Crippen LogP contribution in [-0.2, 0) is 21.2 Å². The molecule has 1 aliphatic carbocycles. The van der Waals surface area contributed by atoms with E-state index in [9.17, 15) is 13.2 Å². The van der Waals surface area contributed by atoms with E-state index in [1.54, 1.807) is 13.0 Å². The zero-order valence-corrected chi connectivity index (χ0v) is 19.6. The summed E-state index contributed by atoms with van der Waals surface area (Å²) in [6.07, 6.45) is 5.91. The highest BCUT2D eigenvalue weighted by molar-refractivity contribution is 8.00. The molecule has 3 rings (SSSR count). The van der Waals surface area contributed by atoms with Crippen molar-refractivity contribution in [3.05, 3.63) is 29.0 Å². The van der Waals surface area contributed by atoms with Gasteiger partial charge in [-0.15, -0.1) is 5.10 Å². The summed E-state index contributed by atoms with van der Waals surface area (Å²) < 4.78 is 25.9. The fourth-order valence-electron chi connectivity index (χ4n) is 3.34. The maximum atomic E-state index is 12.6. The van der Waals surface area contributed by atoms with E-state index in [-0.39, 0.29) is 15.8 Å². The van der Waals surface area contributed by atoms with E-state index < -0.39 is 15.3 Å². The van der Waals surface area contributed by atoms with E-state index in [0.717, 1.165) is 16.6 Å². The molecule has 1 amide bonds. The van der Waals surface area contributed by atoms with Gasteiger partial charge in [0, 0.05) is 26.2 Å². The number of halogens is 1. The Hall–Kier alpha value is -1.62. The maximum absolute atomic E-state index is 12.6. The molecule has 2 aromatic rings. The monoisotopic (exact) mass is 471 g/mol. The number of sulfonamides is 1. The molecule has 0 spiro atoms. The number of amides is 1. The summed E-state index contributed by atoms with van der Waals surface area (Å²) in [6.45, 7) is 1.75. The molecule has 1 aromatic carbocycles. The second-order valence-corrected chi connectivity index (χ2v) is 11.4. The molecule has 8 nitrogen and oxygen atoms in total. The first-order chi connectivity index (χ1) is 14.2. The van der Waals surface area contributed by atoms with Crippen molar-refractivity contribution in [1.29, 1.82) is 0 Å². The van der Waals surface area contributed by atoms with Gasteiger partial charge in [0.25, 0.3) is 0 Å². The number of hydrogen-bond acceptors (Lipinski definition) is 6. The molecule has 1 saturated carbocycles. The highest BCUT2D eigenvalue weighted by Crippen LogP contribution is 2.29. The lowest BCUT2D eigenvalue weighted by molar-refractivity contribution is -0.115. The number of anilines is 1. The lowest BCUT2D eigenvalue weighted by Crippen LogP contribution is -2.24. The van der Waals surface area contributed by atoms with Gasteiger partial charge in [-0.3, -0.25) is 9.89 Å². The third-order valence-electron chi connectivity index (χ3n) is 5.08. The van der Waals surface area contributed by atoms with Crippen molar-refractivity contribution in [3.63, 3.8) is 0 Å². The predicted molar refractivity (Wildman–Crippen MR) is 118 cm³/mol. The first kappa shape index (κ1) is 23.1. The molecule has 1 heterocycles. The van der Waals surface area contributed by atoms with Gasteiger partial charge in [0.2, 0.25) is 21.1 Å². The minimum atomic E-state index is -3.72. The molecule has 30 heavy (non-hydrogen) atoms. The van der Waals surface area contributed by atoms with Gasteiger partial charge in [-0.1, -0.05) is 49.0 Å². The molecule has 1 unspecified atom stereocenters. The predicted octanol–water partition coefficient (Wildman–Crippen LogP) is 3.56. The van der Waals surface area contributed by atoms with Crippen LogP contribution in [0.1, 0.15) is 38.4 Å². The largest absolute Gasteiger partial charge is 0.325 e. The van der Waals surface area contributed by atoms with Crippen LogP contribution in [0.3, 0.4) is 0 Å². The number of thioether (sulfide) groups is 1. The minimum absolute atomic E-state index is 0.0576. The van der Waals surface area contributed by atoms with Crippen molar-refractivity contribution in [2.75, 3.05) is 19.4 Å². The van der Waals surface area contributed by atoms with Crippen LogP contribution in [0.15, 0.2) is 28.3 Å². The number of nitrogens with zero attached hydrogens (tertiary/aromatic N) is 3. The molecule has 0 aliphatic heterocycles. The molecule has 0 bridgehead atoms. The summed E-state index contributed by atoms with van der Waals surface area (Å²) in [7, 11) is -0.873. The number of carbonyl (C=O) groups is 1. The summed E-state index contributed by atoms with van der Waals surface area (Å²) in [4.78, 5) is 17.0. The average Bonchev–Trinajstić information content (AvgIpc) is 3.35. The van der Waals surface area contributed by atoms with Crippen LogP contribution in [-0.4, -0.2) is 53.2 Å². The zero-order valence-electron chi connectivity index (χ0n) is 17.2.